The molecule has 0 bridgehead atoms. The van der Waals surface area contributed by atoms with Crippen LogP contribution in [0.25, 0.3) is 0 Å². The molecular formula is C23H30O4. The number of ketones is 1. The van der Waals surface area contributed by atoms with Crippen LogP contribution >= 0.6 is 0 Å². The van der Waals surface area contributed by atoms with E-state index in [9.17, 15) is 4.79 Å². The largest absolute Gasteiger partial charge is 0.493 e. The van der Waals surface area contributed by atoms with Gasteiger partial charge in [-0.2, -0.15) is 0 Å². The van der Waals surface area contributed by atoms with Gasteiger partial charge in [0.15, 0.2) is 5.78 Å². The second kappa shape index (κ2) is 9.45. The van der Waals surface area contributed by atoms with Gasteiger partial charge in [-0.1, -0.05) is 13.8 Å². The van der Waals surface area contributed by atoms with E-state index in [-0.39, 0.29) is 18.0 Å². The van der Waals surface area contributed by atoms with E-state index < -0.39 is 0 Å². The van der Waals surface area contributed by atoms with Gasteiger partial charge in [0.2, 0.25) is 0 Å². The van der Waals surface area contributed by atoms with Crippen molar-refractivity contribution in [2.24, 2.45) is 5.92 Å². The first-order valence-electron chi connectivity index (χ1n) is 9.51. The molecule has 27 heavy (non-hydrogen) atoms. The lowest BCUT2D eigenvalue weighted by atomic mass is 10.0. The summed E-state index contributed by atoms with van der Waals surface area (Å²) in [6, 6.07) is 12.6. The number of rotatable bonds is 9. The van der Waals surface area contributed by atoms with Crippen molar-refractivity contribution in [3.8, 4) is 17.2 Å². The summed E-state index contributed by atoms with van der Waals surface area (Å²) in [5.41, 5.74) is 1.12. The molecule has 2 aromatic carbocycles. The molecule has 0 amide bonds. The van der Waals surface area contributed by atoms with Crippen LogP contribution in [-0.2, 0) is 0 Å². The van der Waals surface area contributed by atoms with Gasteiger partial charge in [-0.15, -0.1) is 0 Å². The molecule has 0 heterocycles. The van der Waals surface area contributed by atoms with Gasteiger partial charge in [0.05, 0.1) is 24.4 Å². The number of hydrogen-bond donors (Lipinski definition) is 0. The molecule has 0 saturated carbocycles. The second-order valence-corrected chi connectivity index (χ2v) is 7.55. The number of benzene rings is 2. The van der Waals surface area contributed by atoms with E-state index in [0.29, 0.717) is 35.2 Å². The molecule has 0 radical (unpaired) electrons. The maximum atomic E-state index is 13.0. The predicted molar refractivity (Wildman–Crippen MR) is 108 cm³/mol. The second-order valence-electron chi connectivity index (χ2n) is 7.55. The van der Waals surface area contributed by atoms with Gasteiger partial charge in [-0.3, -0.25) is 4.79 Å². The maximum absolute atomic E-state index is 13.0. The smallest absolute Gasteiger partial charge is 0.196 e. The van der Waals surface area contributed by atoms with Crippen molar-refractivity contribution in [1.82, 2.24) is 0 Å². The summed E-state index contributed by atoms with van der Waals surface area (Å²) in [6.07, 6.45) is 0.00879. The van der Waals surface area contributed by atoms with Crippen LogP contribution in [0.2, 0.25) is 0 Å². The molecule has 4 nitrogen and oxygen atoms in total. The highest BCUT2D eigenvalue weighted by Gasteiger charge is 2.17. The van der Waals surface area contributed by atoms with Crippen molar-refractivity contribution in [1.29, 1.82) is 0 Å². The lowest BCUT2D eigenvalue weighted by molar-refractivity contribution is 0.103. The number of ether oxygens (including phenoxy) is 3. The monoisotopic (exact) mass is 370 g/mol. The van der Waals surface area contributed by atoms with Crippen molar-refractivity contribution in [3.63, 3.8) is 0 Å². The Kier molecular flexibility index (Phi) is 7.28. The minimum Gasteiger partial charge on any atom is -0.493 e. The molecule has 4 heteroatoms. The summed E-state index contributed by atoms with van der Waals surface area (Å²) in [6.45, 7) is 12.6. The fourth-order valence-electron chi connectivity index (χ4n) is 2.51. The molecule has 0 unspecified atom stereocenters. The minimum absolute atomic E-state index is 0.0438. The third-order valence-electron chi connectivity index (χ3n) is 3.63. The van der Waals surface area contributed by atoms with Crippen molar-refractivity contribution >= 4 is 5.78 Å². The molecule has 0 saturated heterocycles. The van der Waals surface area contributed by atoms with E-state index in [1.165, 1.54) is 0 Å². The van der Waals surface area contributed by atoms with E-state index in [2.05, 4.69) is 13.8 Å². The fourth-order valence-corrected chi connectivity index (χ4v) is 2.51. The zero-order valence-corrected chi connectivity index (χ0v) is 17.1. The number of carbonyl (C=O) groups excluding carboxylic acids is 1. The van der Waals surface area contributed by atoms with Gasteiger partial charge in [0.1, 0.15) is 17.2 Å². The van der Waals surface area contributed by atoms with Gasteiger partial charge >= 0.3 is 0 Å². The molecule has 0 spiro atoms. The summed E-state index contributed by atoms with van der Waals surface area (Å²) in [4.78, 5) is 13.0. The maximum Gasteiger partial charge on any atom is 0.196 e. The SMILES string of the molecule is CC(C)COc1ccc(C(=O)c2ccc(OC(C)C)cc2OC(C)C)cc1. The summed E-state index contributed by atoms with van der Waals surface area (Å²) < 4.78 is 17.3. The van der Waals surface area contributed by atoms with Crippen molar-refractivity contribution in [2.45, 2.75) is 53.8 Å². The minimum atomic E-state index is -0.0860. The normalized spacial score (nSPS) is 11.1. The van der Waals surface area contributed by atoms with Crippen LogP contribution in [0.1, 0.15) is 57.5 Å². The quantitative estimate of drug-likeness (QED) is 0.545. The molecule has 0 aliphatic carbocycles. The Labute approximate surface area is 162 Å². The molecule has 2 rings (SSSR count). The Bertz CT molecular complexity index is 745. The van der Waals surface area contributed by atoms with Crippen molar-refractivity contribution in [3.05, 3.63) is 53.6 Å². The molecule has 146 valence electrons. The fraction of sp³-hybridized carbons (Fsp3) is 0.435. The number of carbonyl (C=O) groups is 1. The third-order valence-corrected chi connectivity index (χ3v) is 3.63. The van der Waals surface area contributed by atoms with E-state index >= 15 is 0 Å². The van der Waals surface area contributed by atoms with Crippen LogP contribution in [0, 0.1) is 5.92 Å². The predicted octanol–water partition coefficient (Wildman–Crippen LogP) is 5.53. The molecule has 0 aromatic heterocycles. The van der Waals surface area contributed by atoms with Crippen LogP contribution in [0.15, 0.2) is 42.5 Å². The lowest BCUT2D eigenvalue weighted by Crippen LogP contribution is -2.12. The van der Waals surface area contributed by atoms with Crippen molar-refractivity contribution in [2.75, 3.05) is 6.61 Å². The lowest BCUT2D eigenvalue weighted by Gasteiger charge is -2.17. The van der Waals surface area contributed by atoms with Crippen LogP contribution in [0.3, 0.4) is 0 Å². The van der Waals surface area contributed by atoms with E-state index in [4.69, 9.17) is 14.2 Å². The Morgan fingerprint density at radius 3 is 1.96 bits per heavy atom. The zero-order valence-electron chi connectivity index (χ0n) is 17.1. The molecule has 0 fully saturated rings. The van der Waals surface area contributed by atoms with Gasteiger partial charge in [0.25, 0.3) is 0 Å². The van der Waals surface area contributed by atoms with Gasteiger partial charge < -0.3 is 14.2 Å². The van der Waals surface area contributed by atoms with Gasteiger partial charge in [-0.05, 0) is 70.0 Å². The standard InChI is InChI=1S/C23H30O4/c1-15(2)14-25-19-9-7-18(8-10-19)23(24)21-12-11-20(26-16(3)4)13-22(21)27-17(5)6/h7-13,15-17H,14H2,1-6H3. The molecule has 0 atom stereocenters. The summed E-state index contributed by atoms with van der Waals surface area (Å²) >= 11 is 0. The highest BCUT2D eigenvalue weighted by Crippen LogP contribution is 2.29. The van der Waals surface area contributed by atoms with E-state index in [1.54, 1.807) is 30.3 Å². The molecule has 0 aliphatic heterocycles. The Hall–Kier alpha value is -2.49. The zero-order chi connectivity index (χ0) is 20.0. The molecule has 2 aromatic rings. The summed E-state index contributed by atoms with van der Waals surface area (Å²) in [5.74, 6) is 2.35. The van der Waals surface area contributed by atoms with Crippen LogP contribution in [0.4, 0.5) is 0 Å². The van der Waals surface area contributed by atoms with E-state index in [1.807, 2.05) is 39.8 Å². The summed E-state index contributed by atoms with van der Waals surface area (Å²) in [7, 11) is 0. The Morgan fingerprint density at radius 1 is 0.815 bits per heavy atom. The number of hydrogen-bond acceptors (Lipinski definition) is 4. The van der Waals surface area contributed by atoms with E-state index in [0.717, 1.165) is 5.75 Å². The highest BCUT2D eigenvalue weighted by atomic mass is 16.5. The Balaban J connectivity index is 2.25. The topological polar surface area (TPSA) is 44.8 Å². The molecule has 0 aliphatic rings. The third kappa shape index (κ3) is 6.31. The Morgan fingerprint density at radius 2 is 1.41 bits per heavy atom. The average molecular weight is 370 g/mol. The summed E-state index contributed by atoms with van der Waals surface area (Å²) in [5, 5.41) is 0. The van der Waals surface area contributed by atoms with Crippen LogP contribution < -0.4 is 14.2 Å². The first-order chi connectivity index (χ1) is 12.8. The van der Waals surface area contributed by atoms with Crippen LogP contribution in [-0.4, -0.2) is 24.6 Å². The first kappa shape index (κ1) is 20.8. The molecular weight excluding hydrogens is 340 g/mol. The van der Waals surface area contributed by atoms with Crippen molar-refractivity contribution < 1.29 is 19.0 Å². The first-order valence-corrected chi connectivity index (χ1v) is 9.51. The molecule has 0 N–H and O–H groups in total. The van der Waals surface area contributed by atoms with Gasteiger partial charge in [-0.25, -0.2) is 0 Å². The van der Waals surface area contributed by atoms with Crippen LogP contribution in [0.5, 0.6) is 17.2 Å². The highest BCUT2D eigenvalue weighted by molar-refractivity contribution is 6.10. The average Bonchev–Trinajstić information content (AvgIpc) is 2.59. The van der Waals surface area contributed by atoms with Gasteiger partial charge in [0, 0.05) is 11.6 Å².